The number of hydrogen-bond acceptors (Lipinski definition) is 5. The molecule has 2 aromatic heterocycles. The quantitative estimate of drug-likeness (QED) is 0.652. The van der Waals surface area contributed by atoms with Gasteiger partial charge in [0.2, 0.25) is 11.8 Å². The monoisotopic (exact) mass is 446 g/mol. The number of amides is 2. The van der Waals surface area contributed by atoms with E-state index in [0.717, 1.165) is 35.0 Å². The maximum Gasteiger partial charge on any atom is 0.236 e. The maximum atomic E-state index is 12.9. The average Bonchev–Trinajstić information content (AvgIpc) is 3.50. The van der Waals surface area contributed by atoms with Gasteiger partial charge in [0.15, 0.2) is 0 Å². The van der Waals surface area contributed by atoms with Crippen molar-refractivity contribution in [3.8, 4) is 11.1 Å². The molecule has 2 aliphatic heterocycles. The smallest absolute Gasteiger partial charge is 0.236 e. The Labute approximate surface area is 193 Å². The molecule has 0 spiro atoms. The number of carbonyl (C=O) groups excluding carboxylic acids is 2. The van der Waals surface area contributed by atoms with Crippen LogP contribution in [0.1, 0.15) is 25.7 Å². The van der Waals surface area contributed by atoms with E-state index in [1.165, 1.54) is 12.8 Å². The predicted octanol–water partition coefficient (Wildman–Crippen LogP) is 2.91. The Balaban J connectivity index is 1.19. The number of nitrogens with zero attached hydrogens (tertiary/aromatic N) is 5. The third-order valence-corrected chi connectivity index (χ3v) is 6.79. The highest BCUT2D eigenvalue weighted by atomic mass is 16.2. The SMILES string of the molecule is Cn1cc(-c2ccc3cnc(NC(=O)C4CCN(C(=O)CN5CCCC5)CC4)cc3c2)cn1. The van der Waals surface area contributed by atoms with Crippen molar-refractivity contribution < 1.29 is 9.59 Å². The van der Waals surface area contributed by atoms with Crippen LogP contribution in [-0.2, 0) is 16.6 Å². The maximum absolute atomic E-state index is 12.9. The first-order chi connectivity index (χ1) is 16.0. The van der Waals surface area contributed by atoms with Gasteiger partial charge in [-0.05, 0) is 61.9 Å². The minimum atomic E-state index is -0.0972. The van der Waals surface area contributed by atoms with E-state index >= 15 is 0 Å². The number of carbonyl (C=O) groups is 2. The number of benzene rings is 1. The largest absolute Gasteiger partial charge is 0.342 e. The van der Waals surface area contributed by atoms with Crippen LogP contribution in [-0.4, -0.2) is 69.1 Å². The number of rotatable bonds is 5. The minimum absolute atomic E-state index is 0.0168. The number of aromatic nitrogens is 3. The molecule has 2 aliphatic rings. The van der Waals surface area contributed by atoms with Gasteiger partial charge in [-0.25, -0.2) is 4.98 Å². The van der Waals surface area contributed by atoms with E-state index in [9.17, 15) is 9.59 Å². The first-order valence-electron chi connectivity index (χ1n) is 11.7. The third-order valence-electron chi connectivity index (χ3n) is 6.79. The molecule has 0 bridgehead atoms. The summed E-state index contributed by atoms with van der Waals surface area (Å²) in [7, 11) is 1.90. The summed E-state index contributed by atoms with van der Waals surface area (Å²) in [6, 6.07) is 8.10. The summed E-state index contributed by atoms with van der Waals surface area (Å²) in [5.74, 6) is 0.636. The Morgan fingerprint density at radius 3 is 2.52 bits per heavy atom. The van der Waals surface area contributed by atoms with Gasteiger partial charge in [-0.15, -0.1) is 0 Å². The summed E-state index contributed by atoms with van der Waals surface area (Å²) in [5, 5.41) is 9.27. The molecule has 2 fully saturated rings. The van der Waals surface area contributed by atoms with E-state index in [1.54, 1.807) is 10.9 Å². The van der Waals surface area contributed by atoms with E-state index in [1.807, 2.05) is 36.5 Å². The van der Waals surface area contributed by atoms with Gasteiger partial charge in [-0.1, -0.05) is 12.1 Å². The highest BCUT2D eigenvalue weighted by Gasteiger charge is 2.28. The van der Waals surface area contributed by atoms with Crippen LogP contribution < -0.4 is 5.32 Å². The molecule has 33 heavy (non-hydrogen) atoms. The number of nitrogens with one attached hydrogen (secondary N) is 1. The summed E-state index contributed by atoms with van der Waals surface area (Å²) in [4.78, 5) is 34.0. The van der Waals surface area contributed by atoms with Crippen LogP contribution in [0.15, 0.2) is 42.9 Å². The zero-order chi connectivity index (χ0) is 22.8. The second-order valence-corrected chi connectivity index (χ2v) is 9.16. The molecule has 5 rings (SSSR count). The first kappa shape index (κ1) is 21.6. The molecule has 172 valence electrons. The van der Waals surface area contributed by atoms with Crippen LogP contribution in [0.2, 0.25) is 0 Å². The van der Waals surface area contributed by atoms with Crippen LogP contribution in [0.5, 0.6) is 0 Å². The van der Waals surface area contributed by atoms with Crippen molar-refractivity contribution in [3.63, 3.8) is 0 Å². The summed E-state index contributed by atoms with van der Waals surface area (Å²) < 4.78 is 1.78. The summed E-state index contributed by atoms with van der Waals surface area (Å²) in [6.07, 6.45) is 9.36. The van der Waals surface area contributed by atoms with E-state index in [0.29, 0.717) is 38.3 Å². The van der Waals surface area contributed by atoms with E-state index < -0.39 is 0 Å². The Morgan fingerprint density at radius 2 is 1.79 bits per heavy atom. The molecule has 1 aromatic carbocycles. The standard InChI is InChI=1S/C25H30N6O2/c1-29-16-22(15-27-29)19-4-5-20-14-26-23(13-21(20)12-19)28-25(33)18-6-10-31(11-7-18)24(32)17-30-8-2-3-9-30/h4-5,12-16,18H,2-3,6-11,17H2,1H3,(H,26,28,33). The van der Waals surface area contributed by atoms with E-state index in [-0.39, 0.29) is 17.7 Å². The molecule has 0 saturated carbocycles. The Morgan fingerprint density at radius 1 is 1.00 bits per heavy atom. The van der Waals surface area contributed by atoms with Crippen molar-refractivity contribution in [3.05, 3.63) is 42.9 Å². The fourth-order valence-electron chi connectivity index (χ4n) is 4.81. The normalized spacial score (nSPS) is 17.5. The van der Waals surface area contributed by atoms with Gasteiger partial charge in [0, 0.05) is 49.4 Å². The fraction of sp³-hybridized carbons (Fsp3) is 0.440. The van der Waals surface area contributed by atoms with Gasteiger partial charge in [0.25, 0.3) is 0 Å². The third kappa shape index (κ3) is 4.90. The van der Waals surface area contributed by atoms with Crippen molar-refractivity contribution in [2.45, 2.75) is 25.7 Å². The van der Waals surface area contributed by atoms with E-state index in [2.05, 4.69) is 32.4 Å². The predicted molar refractivity (Wildman–Crippen MR) is 128 cm³/mol. The van der Waals surface area contributed by atoms with Crippen molar-refractivity contribution in [2.75, 3.05) is 38.0 Å². The molecule has 4 heterocycles. The molecule has 8 nitrogen and oxygen atoms in total. The van der Waals surface area contributed by atoms with Crippen molar-refractivity contribution >= 4 is 28.4 Å². The lowest BCUT2D eigenvalue weighted by atomic mass is 9.95. The molecular weight excluding hydrogens is 416 g/mol. The van der Waals surface area contributed by atoms with Gasteiger partial charge in [-0.3, -0.25) is 19.2 Å². The molecule has 0 aliphatic carbocycles. The van der Waals surface area contributed by atoms with Crippen molar-refractivity contribution in [1.29, 1.82) is 0 Å². The van der Waals surface area contributed by atoms with Gasteiger partial charge in [0.1, 0.15) is 5.82 Å². The number of likely N-dealkylation sites (tertiary alicyclic amines) is 2. The van der Waals surface area contributed by atoms with Crippen LogP contribution in [0.25, 0.3) is 21.9 Å². The first-order valence-corrected chi connectivity index (χ1v) is 11.7. The summed E-state index contributed by atoms with van der Waals surface area (Å²) in [6.45, 7) is 3.84. The zero-order valence-corrected chi connectivity index (χ0v) is 19.0. The van der Waals surface area contributed by atoms with E-state index in [4.69, 9.17) is 0 Å². The molecule has 3 aromatic rings. The van der Waals surface area contributed by atoms with Crippen LogP contribution >= 0.6 is 0 Å². The molecule has 8 heteroatoms. The van der Waals surface area contributed by atoms with Crippen LogP contribution in [0, 0.1) is 5.92 Å². The molecule has 1 N–H and O–H groups in total. The number of fused-ring (bicyclic) bond motifs is 1. The van der Waals surface area contributed by atoms with Crippen molar-refractivity contribution in [2.24, 2.45) is 13.0 Å². The van der Waals surface area contributed by atoms with Crippen LogP contribution in [0.4, 0.5) is 5.82 Å². The van der Waals surface area contributed by atoms with Gasteiger partial charge in [0.05, 0.1) is 12.7 Å². The molecular formula is C25H30N6O2. The minimum Gasteiger partial charge on any atom is -0.342 e. The summed E-state index contributed by atoms with van der Waals surface area (Å²) in [5.41, 5.74) is 2.12. The number of pyridine rings is 1. The topological polar surface area (TPSA) is 83.4 Å². The number of aryl methyl sites for hydroxylation is 1. The Hall–Kier alpha value is -3.26. The van der Waals surface area contributed by atoms with Crippen LogP contribution in [0.3, 0.4) is 0 Å². The second-order valence-electron chi connectivity index (χ2n) is 9.16. The van der Waals surface area contributed by atoms with Crippen molar-refractivity contribution in [1.82, 2.24) is 24.6 Å². The second kappa shape index (κ2) is 9.31. The molecule has 0 radical (unpaired) electrons. The lowest BCUT2D eigenvalue weighted by molar-refractivity contribution is -0.135. The molecule has 0 unspecified atom stereocenters. The van der Waals surface area contributed by atoms with Gasteiger partial charge in [-0.2, -0.15) is 5.10 Å². The highest BCUT2D eigenvalue weighted by molar-refractivity contribution is 5.95. The fourth-order valence-corrected chi connectivity index (χ4v) is 4.81. The zero-order valence-electron chi connectivity index (χ0n) is 19.0. The molecule has 2 amide bonds. The number of anilines is 1. The lowest BCUT2D eigenvalue weighted by Gasteiger charge is -2.32. The van der Waals surface area contributed by atoms with Gasteiger partial charge >= 0.3 is 0 Å². The average molecular weight is 447 g/mol. The van der Waals surface area contributed by atoms with Gasteiger partial charge < -0.3 is 10.2 Å². The Kier molecular flexibility index (Phi) is 6.09. The summed E-state index contributed by atoms with van der Waals surface area (Å²) >= 11 is 0. The lowest BCUT2D eigenvalue weighted by Crippen LogP contribution is -2.45. The number of piperidine rings is 1. The molecule has 0 atom stereocenters. The Bertz CT molecular complexity index is 1160. The number of hydrogen-bond donors (Lipinski definition) is 1. The highest BCUT2D eigenvalue weighted by Crippen LogP contribution is 2.26. The molecule has 2 saturated heterocycles.